The first-order valence-electron chi connectivity index (χ1n) is 4.98. The lowest BCUT2D eigenvalue weighted by molar-refractivity contribution is 0.296. The maximum atomic E-state index is 5.18. The van der Waals surface area contributed by atoms with Gasteiger partial charge in [-0.3, -0.25) is 4.98 Å². The van der Waals surface area contributed by atoms with Gasteiger partial charge in [-0.15, -0.1) is 6.42 Å². The Morgan fingerprint density at radius 3 is 3.00 bits per heavy atom. The van der Waals surface area contributed by atoms with Gasteiger partial charge in [0.05, 0.1) is 6.54 Å². The molecule has 2 heteroatoms. The highest BCUT2D eigenvalue weighted by atomic mass is 14.9. The Morgan fingerprint density at radius 1 is 1.50 bits per heavy atom. The van der Waals surface area contributed by atoms with Crippen LogP contribution in [0.25, 0.3) is 0 Å². The fourth-order valence-corrected chi connectivity index (χ4v) is 1.85. The first-order chi connectivity index (χ1) is 6.90. The number of aromatic nitrogens is 1. The number of hydrogen-bond donors (Lipinski definition) is 1. The lowest BCUT2D eigenvalue weighted by Gasteiger charge is -2.35. The normalized spacial score (nSPS) is 25.1. The van der Waals surface area contributed by atoms with Crippen molar-refractivity contribution in [3.05, 3.63) is 30.1 Å². The molecule has 1 fully saturated rings. The second-order valence-electron chi connectivity index (χ2n) is 3.70. The first-order valence-corrected chi connectivity index (χ1v) is 4.98. The molecule has 0 saturated heterocycles. The van der Waals surface area contributed by atoms with Crippen molar-refractivity contribution in [3.8, 4) is 12.3 Å². The van der Waals surface area contributed by atoms with E-state index in [1.807, 2.05) is 18.3 Å². The fraction of sp³-hybridized carbons (Fsp3) is 0.417. The van der Waals surface area contributed by atoms with Gasteiger partial charge in [0, 0.05) is 23.9 Å². The van der Waals surface area contributed by atoms with Gasteiger partial charge in [0.2, 0.25) is 0 Å². The number of nitrogens with one attached hydrogen (secondary N) is 1. The van der Waals surface area contributed by atoms with Crippen LogP contribution >= 0.6 is 0 Å². The summed E-state index contributed by atoms with van der Waals surface area (Å²) in [5.74, 6) is 3.23. The smallest absolute Gasteiger partial charge is 0.0575 e. The van der Waals surface area contributed by atoms with Gasteiger partial charge in [0.25, 0.3) is 0 Å². The molecule has 0 bridgehead atoms. The molecule has 1 heterocycles. The Labute approximate surface area is 84.7 Å². The molecule has 1 saturated carbocycles. The Balaban J connectivity index is 1.81. The zero-order valence-electron chi connectivity index (χ0n) is 8.11. The average molecular weight is 186 g/mol. The summed E-state index contributed by atoms with van der Waals surface area (Å²) >= 11 is 0. The largest absolute Gasteiger partial charge is 0.303 e. The highest BCUT2D eigenvalue weighted by Crippen LogP contribution is 2.35. The first kappa shape index (κ1) is 9.23. The molecule has 0 aromatic carbocycles. The van der Waals surface area contributed by atoms with E-state index >= 15 is 0 Å². The van der Waals surface area contributed by atoms with Crippen LogP contribution in [0, 0.1) is 12.3 Å². The van der Waals surface area contributed by atoms with Crippen molar-refractivity contribution >= 4 is 0 Å². The molecule has 0 spiro atoms. The molecule has 1 aromatic heterocycles. The third-order valence-electron chi connectivity index (χ3n) is 2.74. The van der Waals surface area contributed by atoms with Crippen LogP contribution in [-0.4, -0.2) is 17.6 Å². The molecule has 72 valence electrons. The van der Waals surface area contributed by atoms with Crippen LogP contribution in [0.3, 0.4) is 0 Å². The third kappa shape index (κ3) is 1.94. The Morgan fingerprint density at radius 2 is 2.36 bits per heavy atom. The van der Waals surface area contributed by atoms with Gasteiger partial charge in [0.15, 0.2) is 0 Å². The van der Waals surface area contributed by atoms with Crippen LogP contribution in [0.5, 0.6) is 0 Å². The summed E-state index contributed by atoms with van der Waals surface area (Å²) in [5.41, 5.74) is 1.21. The van der Waals surface area contributed by atoms with Crippen LogP contribution < -0.4 is 5.32 Å². The molecule has 1 aliphatic rings. The van der Waals surface area contributed by atoms with E-state index in [0.717, 1.165) is 0 Å². The topological polar surface area (TPSA) is 24.9 Å². The lowest BCUT2D eigenvalue weighted by atomic mass is 9.78. The van der Waals surface area contributed by atoms with Crippen LogP contribution in [0.15, 0.2) is 24.4 Å². The number of hydrogen-bond acceptors (Lipinski definition) is 2. The molecule has 14 heavy (non-hydrogen) atoms. The van der Waals surface area contributed by atoms with Crippen LogP contribution in [-0.2, 0) is 0 Å². The van der Waals surface area contributed by atoms with Crippen LogP contribution in [0.2, 0.25) is 0 Å². The molecule has 0 atom stereocenters. The van der Waals surface area contributed by atoms with Crippen molar-refractivity contribution in [2.75, 3.05) is 6.54 Å². The minimum atomic E-state index is 0.595. The van der Waals surface area contributed by atoms with Gasteiger partial charge in [-0.25, -0.2) is 0 Å². The van der Waals surface area contributed by atoms with E-state index in [1.165, 1.54) is 18.5 Å². The van der Waals surface area contributed by atoms with E-state index in [4.69, 9.17) is 6.42 Å². The molecule has 1 N–H and O–H groups in total. The maximum absolute atomic E-state index is 5.18. The summed E-state index contributed by atoms with van der Waals surface area (Å²) < 4.78 is 0. The molecular weight excluding hydrogens is 172 g/mol. The third-order valence-corrected chi connectivity index (χ3v) is 2.74. The lowest BCUT2D eigenvalue weighted by Crippen LogP contribution is -2.40. The van der Waals surface area contributed by atoms with Crippen molar-refractivity contribution in [1.29, 1.82) is 0 Å². The molecule has 1 aliphatic carbocycles. The van der Waals surface area contributed by atoms with E-state index < -0.39 is 0 Å². The van der Waals surface area contributed by atoms with E-state index in [9.17, 15) is 0 Å². The number of nitrogens with zero attached hydrogens (tertiary/aromatic N) is 1. The Hall–Kier alpha value is -1.33. The monoisotopic (exact) mass is 186 g/mol. The molecular formula is C12H14N2. The highest BCUT2D eigenvalue weighted by Gasteiger charge is 2.30. The predicted molar refractivity (Wildman–Crippen MR) is 56.8 cm³/mol. The zero-order valence-corrected chi connectivity index (χ0v) is 8.11. The van der Waals surface area contributed by atoms with E-state index in [0.29, 0.717) is 18.5 Å². The SMILES string of the molecule is C#CCNC1CC(c2ccccn2)C1. The van der Waals surface area contributed by atoms with Gasteiger partial charge >= 0.3 is 0 Å². The molecule has 2 nitrogen and oxygen atoms in total. The second kappa shape index (κ2) is 4.26. The van der Waals surface area contributed by atoms with E-state index in [2.05, 4.69) is 22.3 Å². The van der Waals surface area contributed by atoms with Gasteiger partial charge < -0.3 is 5.32 Å². The molecule has 0 radical (unpaired) electrons. The maximum Gasteiger partial charge on any atom is 0.0575 e. The fourth-order valence-electron chi connectivity index (χ4n) is 1.85. The number of rotatable bonds is 3. The van der Waals surface area contributed by atoms with Crippen LogP contribution in [0.1, 0.15) is 24.5 Å². The van der Waals surface area contributed by atoms with Gasteiger partial charge in [-0.2, -0.15) is 0 Å². The summed E-state index contributed by atoms with van der Waals surface area (Å²) in [4.78, 5) is 4.35. The quantitative estimate of drug-likeness (QED) is 0.724. The van der Waals surface area contributed by atoms with E-state index in [-0.39, 0.29) is 0 Å². The molecule has 1 aromatic rings. The van der Waals surface area contributed by atoms with Crippen molar-refractivity contribution < 1.29 is 0 Å². The number of pyridine rings is 1. The van der Waals surface area contributed by atoms with Crippen LogP contribution in [0.4, 0.5) is 0 Å². The summed E-state index contributed by atoms with van der Waals surface area (Å²) in [6.45, 7) is 0.680. The highest BCUT2D eigenvalue weighted by molar-refractivity contribution is 5.14. The molecule has 0 aliphatic heterocycles. The minimum Gasteiger partial charge on any atom is -0.303 e. The van der Waals surface area contributed by atoms with Crippen molar-refractivity contribution in [1.82, 2.24) is 10.3 Å². The number of terminal acetylenes is 1. The molecule has 2 rings (SSSR count). The summed E-state index contributed by atoms with van der Waals surface area (Å²) in [5, 5.41) is 3.30. The Bertz CT molecular complexity index is 320. The zero-order chi connectivity index (χ0) is 9.80. The standard InChI is InChI=1S/C12H14N2/c1-2-6-13-11-8-10(9-11)12-5-3-4-7-14-12/h1,3-5,7,10-11,13H,6,8-9H2. The summed E-state index contributed by atoms with van der Waals surface area (Å²) in [6, 6.07) is 6.70. The van der Waals surface area contributed by atoms with Crippen molar-refractivity contribution in [2.24, 2.45) is 0 Å². The van der Waals surface area contributed by atoms with Crippen molar-refractivity contribution in [3.63, 3.8) is 0 Å². The second-order valence-corrected chi connectivity index (χ2v) is 3.70. The predicted octanol–water partition coefficient (Wildman–Crippen LogP) is 1.55. The summed E-state index contributed by atoms with van der Waals surface area (Å²) in [6.07, 6.45) is 9.37. The van der Waals surface area contributed by atoms with Crippen molar-refractivity contribution in [2.45, 2.75) is 24.8 Å². The Kier molecular flexibility index (Phi) is 2.81. The van der Waals surface area contributed by atoms with Gasteiger partial charge in [-0.05, 0) is 25.0 Å². The van der Waals surface area contributed by atoms with Gasteiger partial charge in [0.1, 0.15) is 0 Å². The van der Waals surface area contributed by atoms with Gasteiger partial charge in [-0.1, -0.05) is 12.0 Å². The summed E-state index contributed by atoms with van der Waals surface area (Å²) in [7, 11) is 0. The molecule has 0 unspecified atom stereocenters. The molecule has 0 amide bonds. The van der Waals surface area contributed by atoms with E-state index in [1.54, 1.807) is 0 Å². The minimum absolute atomic E-state index is 0.595. The average Bonchev–Trinajstić information content (AvgIpc) is 2.17.